The summed E-state index contributed by atoms with van der Waals surface area (Å²) in [4.78, 5) is 25.4. The van der Waals surface area contributed by atoms with Crippen LogP contribution < -0.4 is 5.48 Å². The number of amides is 1. The van der Waals surface area contributed by atoms with Gasteiger partial charge in [-0.15, -0.1) is 12.1 Å². The average Bonchev–Trinajstić information content (AvgIpc) is 2.02. The van der Waals surface area contributed by atoms with Gasteiger partial charge in [0.05, 0.1) is 13.0 Å². The van der Waals surface area contributed by atoms with Crippen LogP contribution in [0, 0.1) is 0 Å². The van der Waals surface area contributed by atoms with Gasteiger partial charge in [0.2, 0.25) is 0 Å². The van der Waals surface area contributed by atoms with Gasteiger partial charge in [-0.25, -0.2) is 9.59 Å². The Labute approximate surface area is 70.3 Å². The van der Waals surface area contributed by atoms with Crippen molar-refractivity contribution in [2.75, 3.05) is 6.61 Å². The van der Waals surface area contributed by atoms with Crippen LogP contribution in [0.5, 0.6) is 0 Å². The van der Waals surface area contributed by atoms with Gasteiger partial charge in [-0.1, -0.05) is 6.08 Å². The topological polar surface area (TPSA) is 64.6 Å². The van der Waals surface area contributed by atoms with E-state index in [-0.39, 0.29) is 13.0 Å². The van der Waals surface area contributed by atoms with Gasteiger partial charge in [0.25, 0.3) is 0 Å². The maximum absolute atomic E-state index is 10.6. The number of ether oxygens (including phenoxy) is 1. The first kappa shape index (κ1) is 10.5. The van der Waals surface area contributed by atoms with E-state index in [4.69, 9.17) is 0 Å². The van der Waals surface area contributed by atoms with Crippen LogP contribution in [0.15, 0.2) is 12.7 Å². The minimum absolute atomic E-state index is 0.0480. The lowest BCUT2D eigenvalue weighted by molar-refractivity contribution is -0.148. The zero-order valence-corrected chi connectivity index (χ0v) is 6.83. The van der Waals surface area contributed by atoms with Crippen molar-refractivity contribution in [2.45, 2.75) is 13.3 Å². The molecule has 0 saturated carbocycles. The fraction of sp³-hybridized carbons (Fsp3) is 0.429. The van der Waals surface area contributed by atoms with Gasteiger partial charge < -0.3 is 9.57 Å². The molecule has 12 heavy (non-hydrogen) atoms. The van der Waals surface area contributed by atoms with Gasteiger partial charge in [-0.3, -0.25) is 0 Å². The van der Waals surface area contributed by atoms with Crippen LogP contribution in [-0.2, 0) is 14.4 Å². The van der Waals surface area contributed by atoms with Gasteiger partial charge in [0.1, 0.15) is 0 Å². The molecule has 5 heteroatoms. The Morgan fingerprint density at radius 1 is 1.58 bits per heavy atom. The van der Waals surface area contributed by atoms with E-state index in [1.807, 2.05) is 5.48 Å². The molecule has 0 aliphatic rings. The quantitative estimate of drug-likeness (QED) is 0.505. The number of carbonyl (C=O) groups is 2. The third-order valence-corrected chi connectivity index (χ3v) is 0.835. The Balaban J connectivity index is 3.46. The molecule has 0 unspecified atom stereocenters. The highest BCUT2D eigenvalue weighted by molar-refractivity contribution is 5.74. The number of hydrogen-bond acceptors (Lipinski definition) is 4. The van der Waals surface area contributed by atoms with E-state index in [1.165, 1.54) is 6.08 Å². The molecule has 0 fully saturated rings. The normalized spacial score (nSPS) is 8.42. The molecule has 5 nitrogen and oxygen atoms in total. The van der Waals surface area contributed by atoms with E-state index in [0.29, 0.717) is 0 Å². The minimum Gasteiger partial charge on any atom is -0.448 e. The lowest BCUT2D eigenvalue weighted by Gasteiger charge is -2.03. The molecule has 0 aromatic heterocycles. The molecule has 0 aliphatic carbocycles. The maximum Gasteiger partial charge on any atom is 0.440 e. The molecule has 0 aromatic carbocycles. The molecule has 1 amide bonds. The predicted molar refractivity (Wildman–Crippen MR) is 41.1 cm³/mol. The highest BCUT2D eigenvalue weighted by atomic mass is 16.7. The molecule has 1 N–H and O–H groups in total. The summed E-state index contributed by atoms with van der Waals surface area (Å²) in [6.45, 7) is 5.19. The van der Waals surface area contributed by atoms with Crippen LogP contribution >= 0.6 is 0 Å². The smallest absolute Gasteiger partial charge is 0.440 e. The minimum atomic E-state index is -0.782. The fourth-order valence-corrected chi connectivity index (χ4v) is 0.419. The van der Waals surface area contributed by atoms with Crippen molar-refractivity contribution in [3.63, 3.8) is 0 Å². The monoisotopic (exact) mass is 173 g/mol. The van der Waals surface area contributed by atoms with Crippen molar-refractivity contribution in [1.82, 2.24) is 5.48 Å². The van der Waals surface area contributed by atoms with Crippen molar-refractivity contribution in [2.24, 2.45) is 0 Å². The van der Waals surface area contributed by atoms with Crippen LogP contribution in [0.2, 0.25) is 0 Å². The Bertz CT molecular complexity index is 178. The molecule has 0 heterocycles. The molecule has 0 aromatic rings. The van der Waals surface area contributed by atoms with Gasteiger partial charge in [-0.05, 0) is 6.92 Å². The van der Waals surface area contributed by atoms with Crippen molar-refractivity contribution in [3.05, 3.63) is 12.7 Å². The number of carbonyl (C=O) groups excluding carboxylic acids is 2. The van der Waals surface area contributed by atoms with Gasteiger partial charge >= 0.3 is 12.1 Å². The first-order chi connectivity index (χ1) is 5.70. The lowest BCUT2D eigenvalue weighted by atomic mass is 10.4. The number of nitrogens with one attached hydrogen (secondary N) is 1. The Morgan fingerprint density at radius 2 is 2.25 bits per heavy atom. The summed E-state index contributed by atoms with van der Waals surface area (Å²) < 4.78 is 4.42. The summed E-state index contributed by atoms with van der Waals surface area (Å²) in [5.41, 5.74) is 1.81. The van der Waals surface area contributed by atoms with E-state index in [0.717, 1.165) is 0 Å². The molecule has 0 rings (SSSR count). The molecule has 0 aliphatic heterocycles. The first-order valence-electron chi connectivity index (χ1n) is 3.44. The standard InChI is InChI=1S/C7H11NO4/c1-3-5-6(9)12-8-7(10)11-4-2/h3H,1,4-5H2,2H3,(H,8,10). The van der Waals surface area contributed by atoms with E-state index in [1.54, 1.807) is 6.92 Å². The van der Waals surface area contributed by atoms with E-state index >= 15 is 0 Å². The summed E-state index contributed by atoms with van der Waals surface area (Å²) in [5, 5.41) is 0. The number of hydrogen-bond donors (Lipinski definition) is 1. The van der Waals surface area contributed by atoms with Crippen molar-refractivity contribution >= 4 is 12.1 Å². The second-order valence-corrected chi connectivity index (χ2v) is 1.79. The third kappa shape index (κ3) is 5.28. The Morgan fingerprint density at radius 3 is 2.75 bits per heavy atom. The molecule has 68 valence electrons. The SMILES string of the molecule is C=CCC(=O)ONC(=O)OCC. The summed E-state index contributed by atoms with van der Waals surface area (Å²) in [5.74, 6) is -0.585. The Hall–Kier alpha value is -1.52. The van der Waals surface area contributed by atoms with Crippen molar-refractivity contribution in [3.8, 4) is 0 Å². The van der Waals surface area contributed by atoms with Gasteiger partial charge in [0.15, 0.2) is 0 Å². The lowest BCUT2D eigenvalue weighted by Crippen LogP contribution is -2.27. The highest BCUT2D eigenvalue weighted by Crippen LogP contribution is 1.84. The maximum atomic E-state index is 10.6. The van der Waals surface area contributed by atoms with Gasteiger partial charge in [0, 0.05) is 0 Å². The van der Waals surface area contributed by atoms with Crippen LogP contribution in [0.4, 0.5) is 4.79 Å². The predicted octanol–water partition coefficient (Wildman–Crippen LogP) is 0.767. The van der Waals surface area contributed by atoms with Gasteiger partial charge in [-0.2, -0.15) is 0 Å². The van der Waals surface area contributed by atoms with Crippen molar-refractivity contribution < 1.29 is 19.2 Å². The summed E-state index contributed by atoms with van der Waals surface area (Å²) in [6, 6.07) is 0. The van der Waals surface area contributed by atoms with Crippen LogP contribution in [0.1, 0.15) is 13.3 Å². The van der Waals surface area contributed by atoms with E-state index in [2.05, 4.69) is 16.2 Å². The van der Waals surface area contributed by atoms with E-state index in [9.17, 15) is 9.59 Å². The second-order valence-electron chi connectivity index (χ2n) is 1.79. The zero-order chi connectivity index (χ0) is 9.40. The van der Waals surface area contributed by atoms with Crippen LogP contribution in [-0.4, -0.2) is 18.7 Å². The molecule has 0 spiro atoms. The first-order valence-corrected chi connectivity index (χ1v) is 3.44. The number of hydroxylamine groups is 1. The zero-order valence-electron chi connectivity index (χ0n) is 6.83. The molecular formula is C7H11NO4. The average molecular weight is 173 g/mol. The van der Waals surface area contributed by atoms with Crippen molar-refractivity contribution in [1.29, 1.82) is 0 Å². The van der Waals surface area contributed by atoms with E-state index < -0.39 is 12.1 Å². The summed E-state index contributed by atoms with van der Waals surface area (Å²) >= 11 is 0. The highest BCUT2D eigenvalue weighted by Gasteiger charge is 2.03. The summed E-state index contributed by atoms with van der Waals surface area (Å²) in [7, 11) is 0. The molecule has 0 saturated heterocycles. The van der Waals surface area contributed by atoms with Crippen LogP contribution in [0.25, 0.3) is 0 Å². The number of rotatable bonds is 3. The van der Waals surface area contributed by atoms with Crippen LogP contribution in [0.3, 0.4) is 0 Å². The molecule has 0 radical (unpaired) electrons. The largest absolute Gasteiger partial charge is 0.448 e. The molecule has 0 atom stereocenters. The molecule has 0 bridgehead atoms. The fourth-order valence-electron chi connectivity index (χ4n) is 0.419. The third-order valence-electron chi connectivity index (χ3n) is 0.835. The molecular weight excluding hydrogens is 162 g/mol. The second kappa shape index (κ2) is 6.21. The Kier molecular flexibility index (Phi) is 5.42. The summed E-state index contributed by atoms with van der Waals surface area (Å²) in [6.07, 6.45) is 0.636.